The molecule has 0 aliphatic rings. The molecule has 2 aromatic heterocycles. The first kappa shape index (κ1) is 75.2. The molecule has 0 saturated heterocycles. The zero-order chi connectivity index (χ0) is 58.1. The summed E-state index contributed by atoms with van der Waals surface area (Å²) in [6.07, 6.45) is 8.69. The number of amides is 1. The number of primary amides is 1. The second kappa shape index (κ2) is 44.0. The highest BCUT2D eigenvalue weighted by molar-refractivity contribution is 7.98. The number of nitrogens with zero attached hydrogens (tertiary/aromatic N) is 1. The molecule has 0 spiro atoms. The van der Waals surface area contributed by atoms with Gasteiger partial charge < -0.3 is 102 Å². The largest absolute Gasteiger partial charge is 0.480 e. The van der Waals surface area contributed by atoms with Crippen LogP contribution in [0.15, 0.2) is 43.0 Å². The molecule has 0 radical (unpaired) electrons. The predicted octanol–water partition coefficient (Wildman–Crippen LogP) is -1.75. The quantitative estimate of drug-likeness (QED) is 0.0562. The molecule has 0 bridgehead atoms. The van der Waals surface area contributed by atoms with Crippen molar-refractivity contribution in [1.29, 1.82) is 0 Å². The van der Waals surface area contributed by atoms with E-state index in [0.717, 1.165) is 22.2 Å². The zero-order valence-electron chi connectivity index (χ0n) is 41.7. The standard InChI is InChI=1S/C11H12N2O2.C6H9N3O2.C6H13NO2.C5H10N2O3.C5H11NO2S.C5H11NO2.C3H7NO2.C2H5NO2/c12-9(11(14)15)5-7-6-13-10-4-2-1-3-8(7)10;7-5(6(10)11)1-4-2-8-3-9-4;1-4(2)3-5(7)6(8)9;6-3(5(9)10)1-2-4(7)8;1-9-3-2-4(6)5(7)8;1-3(2)4(6)5(7)8;1-2(4)3(5)6;3-1-2(4)5/h1-4,6,9,13H,5,12H2,(H,14,15);2-3,5H,1,7H2,(H,8,9)(H,10,11);4-5H,3,7H2,1-2H3,(H,8,9);3H,1-2,6H2,(H2,7,8)(H,9,10);4H,2-3,6H2,1H3,(H,7,8);3-4H,6H2,1-2H3,(H,7,8);2H,4H2,1H3,(H,5,6);1,3H2,(H,4,5)/t9-;2*5-;3-;2*4-;2-;/m0000000./s1. The summed E-state index contributed by atoms with van der Waals surface area (Å²) in [5, 5.41) is 66.7. The molecule has 3 aromatic rings. The van der Waals surface area contributed by atoms with Crippen molar-refractivity contribution < 1.29 is 84.0 Å². The Morgan fingerprint density at radius 2 is 1.05 bits per heavy atom. The van der Waals surface area contributed by atoms with Crippen molar-refractivity contribution >= 4 is 76.3 Å². The van der Waals surface area contributed by atoms with Crippen molar-refractivity contribution in [3.63, 3.8) is 0 Å². The highest BCUT2D eigenvalue weighted by Gasteiger charge is 2.16. The number of H-pyrrole nitrogens is 2. The molecule has 0 unspecified atom stereocenters. The number of nitrogens with two attached hydrogens (primary N) is 9. The summed E-state index contributed by atoms with van der Waals surface area (Å²) in [7, 11) is 0. The Labute approximate surface area is 426 Å². The van der Waals surface area contributed by atoms with Gasteiger partial charge in [0.05, 0.1) is 18.6 Å². The molecule has 30 heteroatoms. The number of carboxylic acids is 8. The van der Waals surface area contributed by atoms with Crippen LogP contribution >= 0.6 is 11.8 Å². The Kier molecular flexibility index (Phi) is 45.3. The monoisotopic (exact) mass is 1070 g/mol. The molecule has 0 aliphatic carbocycles. The summed E-state index contributed by atoms with van der Waals surface area (Å²) < 4.78 is 0. The maximum atomic E-state index is 10.6. The fourth-order valence-corrected chi connectivity index (χ4v) is 4.51. The lowest BCUT2D eigenvalue weighted by molar-refractivity contribution is -0.140. The van der Waals surface area contributed by atoms with Crippen molar-refractivity contribution in [3.8, 4) is 0 Å². The van der Waals surface area contributed by atoms with Gasteiger partial charge in [0.25, 0.3) is 0 Å². The van der Waals surface area contributed by atoms with E-state index in [-0.39, 0.29) is 31.7 Å². The average molecular weight is 1070 g/mol. The van der Waals surface area contributed by atoms with Crippen LogP contribution in [-0.2, 0) is 56.0 Å². The molecule has 1 amide bonds. The van der Waals surface area contributed by atoms with Crippen molar-refractivity contribution in [2.45, 2.75) is 115 Å². The summed E-state index contributed by atoms with van der Waals surface area (Å²) >= 11 is 1.60. The number of para-hydroxylation sites is 1. The van der Waals surface area contributed by atoms with Gasteiger partial charge in [-0.25, -0.2) is 4.98 Å². The Hall–Kier alpha value is -6.77. The number of fused-ring (bicyclic) bond motifs is 1. The van der Waals surface area contributed by atoms with E-state index in [1.165, 1.54) is 13.3 Å². The number of nitrogens with one attached hydrogen (secondary N) is 2. The SMILES string of the molecule is CC(C)C[C@H](N)C(=O)O.CC(C)[C@H](N)C(=O)O.CSCC[C@H](N)C(=O)O.C[C@H](N)C(=O)O.NC(=O)CC[C@H](N)C(=O)O.NCC(=O)O.N[C@@H](Cc1c[nH]c2ccccc12)C(=O)O.N[C@@H](Cc1c[nH]cn1)C(=O)O. The van der Waals surface area contributed by atoms with Crippen LogP contribution in [0.1, 0.15) is 71.6 Å². The minimum atomic E-state index is -1.11. The number of hydrogen-bond acceptors (Lipinski definition) is 19. The van der Waals surface area contributed by atoms with Gasteiger partial charge >= 0.3 is 47.8 Å². The van der Waals surface area contributed by atoms with Crippen LogP contribution in [0.4, 0.5) is 0 Å². The number of aliphatic carboxylic acids is 8. The molecule has 2 heterocycles. The van der Waals surface area contributed by atoms with Gasteiger partial charge in [0.2, 0.25) is 5.91 Å². The summed E-state index contributed by atoms with van der Waals surface area (Å²) in [6.45, 7) is 8.59. The lowest BCUT2D eigenvalue weighted by Gasteiger charge is -2.07. The van der Waals surface area contributed by atoms with Crippen molar-refractivity contribution in [3.05, 3.63) is 54.2 Å². The van der Waals surface area contributed by atoms with E-state index in [1.54, 1.807) is 31.8 Å². The molecule has 7 atom stereocenters. The fraction of sp³-hybridized carbons (Fsp3) is 0.535. The molecule has 28 N–H and O–H groups in total. The fourth-order valence-electron chi connectivity index (χ4n) is 4.02. The summed E-state index contributed by atoms with van der Waals surface area (Å²) in [5.41, 5.74) is 48.1. The second-order valence-corrected chi connectivity index (χ2v) is 16.8. The molecular formula is C43H78N12O17S. The van der Waals surface area contributed by atoms with E-state index in [1.807, 2.05) is 50.6 Å². The van der Waals surface area contributed by atoms with Gasteiger partial charge in [-0.2, -0.15) is 11.8 Å². The Balaban J connectivity index is -0.000000246. The van der Waals surface area contributed by atoms with Gasteiger partial charge in [-0.1, -0.05) is 45.9 Å². The number of thioether (sulfide) groups is 1. The molecule has 0 aliphatic heterocycles. The second-order valence-electron chi connectivity index (χ2n) is 15.8. The Bertz CT molecular complexity index is 2040. The van der Waals surface area contributed by atoms with Crippen molar-refractivity contribution in [1.82, 2.24) is 15.0 Å². The normalized spacial score (nSPS) is 12.8. The van der Waals surface area contributed by atoms with Crippen molar-refractivity contribution in [2.24, 2.45) is 63.4 Å². The third-order valence-electron chi connectivity index (χ3n) is 8.31. The van der Waals surface area contributed by atoms with Crippen LogP contribution in [0.2, 0.25) is 0 Å². The topological polar surface area (TPSA) is 594 Å². The first-order valence-electron chi connectivity index (χ1n) is 21.7. The number of carboxylic acid groups (broad SMARTS) is 8. The lowest BCUT2D eigenvalue weighted by atomic mass is 10.1. The number of rotatable bonds is 21. The highest BCUT2D eigenvalue weighted by atomic mass is 32.2. The third kappa shape index (κ3) is 46.1. The minimum absolute atomic E-state index is 0.0208. The molecule has 3 rings (SSSR count). The van der Waals surface area contributed by atoms with Gasteiger partial charge in [0, 0.05) is 42.6 Å². The number of imidazole rings is 1. The summed E-state index contributed by atoms with van der Waals surface area (Å²) in [5.74, 6) is -7.12. The van der Waals surface area contributed by atoms with E-state index in [0.29, 0.717) is 30.9 Å². The molecule has 0 fully saturated rings. The van der Waals surface area contributed by atoms with Gasteiger partial charge in [0.15, 0.2) is 0 Å². The van der Waals surface area contributed by atoms with E-state index in [9.17, 15) is 43.2 Å². The number of benzene rings is 1. The first-order chi connectivity index (χ1) is 33.6. The number of aromatic amines is 2. The third-order valence-corrected chi connectivity index (χ3v) is 8.96. The number of hydrogen-bond donors (Lipinski definition) is 19. The molecule has 29 nitrogen and oxygen atoms in total. The maximum Gasteiger partial charge on any atom is 0.320 e. The molecular weight excluding hydrogens is 989 g/mol. The number of carbonyl (C=O) groups is 9. The Morgan fingerprint density at radius 3 is 1.37 bits per heavy atom. The predicted molar refractivity (Wildman–Crippen MR) is 272 cm³/mol. The van der Waals surface area contributed by atoms with Crippen LogP contribution in [0.5, 0.6) is 0 Å². The Morgan fingerprint density at radius 1 is 0.616 bits per heavy atom. The van der Waals surface area contributed by atoms with E-state index in [4.69, 9.17) is 86.7 Å². The van der Waals surface area contributed by atoms with Gasteiger partial charge in [-0.05, 0) is 61.7 Å². The van der Waals surface area contributed by atoms with Gasteiger partial charge in [0.1, 0.15) is 42.3 Å². The van der Waals surface area contributed by atoms with Crippen LogP contribution in [0.3, 0.4) is 0 Å². The van der Waals surface area contributed by atoms with E-state index in [2.05, 4.69) is 20.7 Å². The first-order valence-corrected chi connectivity index (χ1v) is 23.1. The smallest absolute Gasteiger partial charge is 0.320 e. The summed E-state index contributed by atoms with van der Waals surface area (Å²) in [4.78, 5) is 99.7. The van der Waals surface area contributed by atoms with Crippen molar-refractivity contribution in [2.75, 3.05) is 18.6 Å². The highest BCUT2D eigenvalue weighted by Crippen LogP contribution is 2.18. The number of aromatic nitrogens is 3. The van der Waals surface area contributed by atoms with Gasteiger partial charge in [-0.3, -0.25) is 43.2 Å². The van der Waals surface area contributed by atoms with E-state index < -0.39 is 96.0 Å². The van der Waals surface area contributed by atoms with Gasteiger partial charge in [-0.15, -0.1) is 0 Å². The maximum absolute atomic E-state index is 10.6. The molecule has 0 saturated carbocycles. The zero-order valence-corrected chi connectivity index (χ0v) is 42.5. The molecule has 418 valence electrons. The minimum Gasteiger partial charge on any atom is -0.480 e. The summed E-state index contributed by atoms with van der Waals surface area (Å²) in [6, 6.07) is 2.25. The van der Waals surface area contributed by atoms with Crippen LogP contribution in [0, 0.1) is 11.8 Å². The molecule has 1 aromatic carbocycles. The molecule has 73 heavy (non-hydrogen) atoms. The van der Waals surface area contributed by atoms with Crippen LogP contribution in [-0.4, -0.2) is 170 Å². The number of carbonyl (C=O) groups excluding carboxylic acids is 1. The lowest BCUT2D eigenvalue weighted by Crippen LogP contribution is -2.34. The van der Waals surface area contributed by atoms with Crippen LogP contribution < -0.4 is 51.6 Å². The average Bonchev–Trinajstić information content (AvgIpc) is 3.98. The van der Waals surface area contributed by atoms with Crippen LogP contribution in [0.25, 0.3) is 10.9 Å². The van der Waals surface area contributed by atoms with E-state index >= 15 is 0 Å².